The summed E-state index contributed by atoms with van der Waals surface area (Å²) < 4.78 is 8.25. The zero-order chi connectivity index (χ0) is 18.1. The van der Waals surface area contributed by atoms with Crippen LogP contribution in [0.4, 0.5) is 0 Å². The molecule has 0 spiro atoms. The average Bonchev–Trinajstić information content (AvgIpc) is 3.04. The first-order valence-electron chi connectivity index (χ1n) is 8.68. The molecular weight excluding hydrogens is 336 g/mol. The Hall–Kier alpha value is -2.81. The van der Waals surface area contributed by atoms with Crippen LogP contribution in [0.25, 0.3) is 16.7 Å². The summed E-state index contributed by atoms with van der Waals surface area (Å²) in [6.45, 7) is 3.85. The van der Waals surface area contributed by atoms with Crippen molar-refractivity contribution < 1.29 is 9.53 Å². The molecule has 136 valence electrons. The molecule has 3 aromatic rings. The van der Waals surface area contributed by atoms with E-state index in [1.807, 2.05) is 0 Å². The normalized spacial score (nSPS) is 15.6. The molecule has 3 aromatic heterocycles. The molecule has 0 aromatic carbocycles. The number of carbonyl (C=O) groups is 1. The second kappa shape index (κ2) is 6.83. The lowest BCUT2D eigenvalue weighted by atomic mass is 10.0. The van der Waals surface area contributed by atoms with Crippen molar-refractivity contribution in [3.63, 3.8) is 0 Å². The van der Waals surface area contributed by atoms with E-state index in [0.29, 0.717) is 35.0 Å². The fraction of sp³-hybridized carbons (Fsp3) is 0.471. The molecule has 4 heterocycles. The molecule has 0 saturated carbocycles. The van der Waals surface area contributed by atoms with Gasteiger partial charge in [0.25, 0.3) is 11.3 Å². The highest BCUT2D eigenvalue weighted by molar-refractivity contribution is 5.80. The SMILES string of the molecule is Cc1nc2ncc3c(=O)n(CC(=O)NCC4CCOCC4)ccc3n2n1. The van der Waals surface area contributed by atoms with Gasteiger partial charge in [-0.1, -0.05) is 0 Å². The summed E-state index contributed by atoms with van der Waals surface area (Å²) >= 11 is 0. The summed E-state index contributed by atoms with van der Waals surface area (Å²) in [5.74, 6) is 1.29. The van der Waals surface area contributed by atoms with Gasteiger partial charge in [-0.05, 0) is 31.7 Å². The number of aromatic nitrogens is 5. The molecule has 9 nitrogen and oxygen atoms in total. The second-order valence-electron chi connectivity index (χ2n) is 6.54. The van der Waals surface area contributed by atoms with Crippen LogP contribution in [0, 0.1) is 12.8 Å². The highest BCUT2D eigenvalue weighted by Crippen LogP contribution is 2.13. The summed E-state index contributed by atoms with van der Waals surface area (Å²) in [7, 11) is 0. The number of pyridine rings is 1. The van der Waals surface area contributed by atoms with Crippen molar-refractivity contribution in [1.29, 1.82) is 0 Å². The number of hydrogen-bond donors (Lipinski definition) is 1. The molecule has 1 amide bonds. The van der Waals surface area contributed by atoms with Crippen LogP contribution in [0.3, 0.4) is 0 Å². The maximum Gasteiger partial charge on any atom is 0.262 e. The zero-order valence-electron chi connectivity index (χ0n) is 14.5. The highest BCUT2D eigenvalue weighted by atomic mass is 16.5. The second-order valence-corrected chi connectivity index (χ2v) is 6.54. The van der Waals surface area contributed by atoms with E-state index in [2.05, 4.69) is 20.4 Å². The van der Waals surface area contributed by atoms with Crippen LogP contribution < -0.4 is 10.9 Å². The Labute approximate surface area is 149 Å². The highest BCUT2D eigenvalue weighted by Gasteiger charge is 2.16. The van der Waals surface area contributed by atoms with Crippen molar-refractivity contribution in [2.45, 2.75) is 26.3 Å². The largest absolute Gasteiger partial charge is 0.381 e. The Morgan fingerprint density at radius 2 is 2.19 bits per heavy atom. The molecule has 1 saturated heterocycles. The molecule has 0 bridgehead atoms. The van der Waals surface area contributed by atoms with Gasteiger partial charge in [-0.2, -0.15) is 9.50 Å². The molecule has 0 radical (unpaired) electrons. The van der Waals surface area contributed by atoms with E-state index < -0.39 is 0 Å². The summed E-state index contributed by atoms with van der Waals surface area (Å²) in [4.78, 5) is 33.3. The van der Waals surface area contributed by atoms with E-state index in [0.717, 1.165) is 26.1 Å². The van der Waals surface area contributed by atoms with Gasteiger partial charge in [0.15, 0.2) is 0 Å². The minimum absolute atomic E-state index is 0.0214. The lowest BCUT2D eigenvalue weighted by Crippen LogP contribution is -2.36. The van der Waals surface area contributed by atoms with E-state index in [1.165, 1.54) is 10.8 Å². The van der Waals surface area contributed by atoms with Crippen molar-refractivity contribution >= 4 is 22.6 Å². The number of nitrogens with one attached hydrogen (secondary N) is 1. The van der Waals surface area contributed by atoms with Gasteiger partial charge >= 0.3 is 0 Å². The number of fused-ring (bicyclic) bond motifs is 3. The van der Waals surface area contributed by atoms with Crippen molar-refractivity contribution in [2.24, 2.45) is 5.92 Å². The fourth-order valence-electron chi connectivity index (χ4n) is 3.20. The Kier molecular flexibility index (Phi) is 4.37. The fourth-order valence-corrected chi connectivity index (χ4v) is 3.20. The minimum atomic E-state index is -0.272. The molecule has 26 heavy (non-hydrogen) atoms. The molecule has 4 rings (SSSR count). The van der Waals surface area contributed by atoms with E-state index in [9.17, 15) is 9.59 Å². The van der Waals surface area contributed by atoms with E-state index in [4.69, 9.17) is 4.74 Å². The molecule has 1 fully saturated rings. The molecule has 1 N–H and O–H groups in total. The number of hydrogen-bond acceptors (Lipinski definition) is 6. The van der Waals surface area contributed by atoms with Crippen molar-refractivity contribution in [1.82, 2.24) is 29.5 Å². The van der Waals surface area contributed by atoms with Crippen LogP contribution in [-0.4, -0.2) is 49.8 Å². The smallest absolute Gasteiger partial charge is 0.262 e. The monoisotopic (exact) mass is 356 g/mol. The summed E-state index contributed by atoms with van der Waals surface area (Å²) in [6, 6.07) is 1.76. The number of aryl methyl sites for hydroxylation is 1. The van der Waals surface area contributed by atoms with Gasteiger partial charge in [0.05, 0.1) is 10.9 Å². The van der Waals surface area contributed by atoms with Crippen LogP contribution in [0.5, 0.6) is 0 Å². The molecule has 0 unspecified atom stereocenters. The molecule has 0 aliphatic carbocycles. The van der Waals surface area contributed by atoms with E-state index >= 15 is 0 Å². The Morgan fingerprint density at radius 1 is 1.38 bits per heavy atom. The summed E-state index contributed by atoms with van der Waals surface area (Å²) in [5, 5.41) is 7.58. The topological polar surface area (TPSA) is 103 Å². The Bertz CT molecular complexity index is 1020. The standard InChI is InChI=1S/C17H20N6O3/c1-11-20-17-19-9-13-14(23(17)21-11)2-5-22(16(13)25)10-15(24)18-8-12-3-6-26-7-4-12/h2,5,9,12H,3-4,6-8,10H2,1H3,(H,18,24). The number of rotatable bonds is 4. The van der Waals surface area contributed by atoms with Crippen LogP contribution in [0.1, 0.15) is 18.7 Å². The predicted octanol–water partition coefficient (Wildman–Crippen LogP) is 0.290. The Morgan fingerprint density at radius 3 is 3.00 bits per heavy atom. The maximum atomic E-state index is 12.7. The van der Waals surface area contributed by atoms with Crippen LogP contribution in [0.2, 0.25) is 0 Å². The average molecular weight is 356 g/mol. The Balaban J connectivity index is 1.53. The third kappa shape index (κ3) is 3.17. The summed E-state index contributed by atoms with van der Waals surface area (Å²) in [5.41, 5.74) is 0.353. The maximum absolute atomic E-state index is 12.7. The molecule has 1 aliphatic heterocycles. The first-order chi connectivity index (χ1) is 12.6. The van der Waals surface area contributed by atoms with Gasteiger partial charge in [0.1, 0.15) is 12.4 Å². The molecular formula is C17H20N6O3. The van der Waals surface area contributed by atoms with Crippen LogP contribution >= 0.6 is 0 Å². The third-order valence-corrected chi connectivity index (χ3v) is 4.66. The lowest BCUT2D eigenvalue weighted by Gasteiger charge is -2.22. The first kappa shape index (κ1) is 16.6. The number of ether oxygens (including phenoxy) is 1. The quantitative estimate of drug-likeness (QED) is 0.721. The number of carbonyl (C=O) groups excluding carboxylic acids is 1. The van der Waals surface area contributed by atoms with Gasteiger partial charge in [-0.25, -0.2) is 4.98 Å². The lowest BCUT2D eigenvalue weighted by molar-refractivity contribution is -0.122. The minimum Gasteiger partial charge on any atom is -0.381 e. The van der Waals surface area contributed by atoms with Crippen molar-refractivity contribution in [3.05, 3.63) is 34.6 Å². The molecule has 1 aliphatic rings. The molecule has 0 atom stereocenters. The third-order valence-electron chi connectivity index (χ3n) is 4.66. The van der Waals surface area contributed by atoms with Gasteiger partial charge < -0.3 is 14.6 Å². The van der Waals surface area contributed by atoms with E-state index in [-0.39, 0.29) is 18.0 Å². The van der Waals surface area contributed by atoms with Gasteiger partial charge in [-0.15, -0.1) is 5.10 Å². The van der Waals surface area contributed by atoms with Gasteiger partial charge in [0, 0.05) is 32.2 Å². The molecule has 9 heteroatoms. The van der Waals surface area contributed by atoms with Crippen molar-refractivity contribution in [3.8, 4) is 0 Å². The zero-order valence-corrected chi connectivity index (χ0v) is 14.5. The number of nitrogens with zero attached hydrogens (tertiary/aromatic N) is 5. The predicted molar refractivity (Wildman–Crippen MR) is 93.8 cm³/mol. The van der Waals surface area contributed by atoms with Crippen LogP contribution in [-0.2, 0) is 16.1 Å². The van der Waals surface area contributed by atoms with Gasteiger partial charge in [-0.3, -0.25) is 9.59 Å². The summed E-state index contributed by atoms with van der Waals surface area (Å²) in [6.07, 6.45) is 5.00. The first-order valence-corrected chi connectivity index (χ1v) is 8.68. The van der Waals surface area contributed by atoms with Crippen LogP contribution in [0.15, 0.2) is 23.3 Å². The van der Waals surface area contributed by atoms with Gasteiger partial charge in [0.2, 0.25) is 5.91 Å². The van der Waals surface area contributed by atoms with Crippen molar-refractivity contribution in [2.75, 3.05) is 19.8 Å². The van der Waals surface area contributed by atoms with E-state index in [1.54, 1.807) is 23.7 Å². The number of amides is 1.